The van der Waals surface area contributed by atoms with Crippen LogP contribution in [0.5, 0.6) is 0 Å². The molecule has 5 rings (SSSR count). The van der Waals surface area contributed by atoms with Gasteiger partial charge in [0, 0.05) is 12.3 Å². The van der Waals surface area contributed by atoms with Crippen LogP contribution in [0.3, 0.4) is 0 Å². The lowest BCUT2D eigenvalue weighted by atomic mass is 10.2. The molecule has 0 N–H and O–H groups in total. The second kappa shape index (κ2) is 7.95. The van der Waals surface area contributed by atoms with E-state index in [-0.39, 0.29) is 34.9 Å². The molecule has 1 aliphatic rings. The molecule has 1 aliphatic heterocycles. The van der Waals surface area contributed by atoms with Gasteiger partial charge in [-0.3, -0.25) is 14.2 Å². The fourth-order valence-electron chi connectivity index (χ4n) is 3.63. The molecule has 0 spiro atoms. The van der Waals surface area contributed by atoms with Crippen LogP contribution in [0.4, 0.5) is 0 Å². The maximum atomic E-state index is 13.1. The van der Waals surface area contributed by atoms with Gasteiger partial charge < -0.3 is 4.42 Å². The van der Waals surface area contributed by atoms with E-state index in [0.717, 1.165) is 4.31 Å². The Labute approximate surface area is 187 Å². The van der Waals surface area contributed by atoms with E-state index >= 15 is 0 Å². The molecule has 2 aromatic heterocycles. The molecule has 3 heterocycles. The van der Waals surface area contributed by atoms with Gasteiger partial charge in [-0.1, -0.05) is 36.0 Å². The van der Waals surface area contributed by atoms with E-state index in [1.807, 2.05) is 0 Å². The predicted octanol–water partition coefficient (Wildman–Crippen LogP) is 2.97. The summed E-state index contributed by atoms with van der Waals surface area (Å²) < 4.78 is 33.3. The van der Waals surface area contributed by atoms with Gasteiger partial charge in [0.05, 0.1) is 29.3 Å². The lowest BCUT2D eigenvalue weighted by Crippen LogP contribution is -2.32. The highest BCUT2D eigenvalue weighted by molar-refractivity contribution is 7.99. The Hall–Kier alpha value is -3.37. The van der Waals surface area contributed by atoms with Gasteiger partial charge in [0.1, 0.15) is 10.7 Å². The summed E-state index contributed by atoms with van der Waals surface area (Å²) in [6.45, 7) is 0.155. The number of sulfonamides is 1. The molecule has 1 amide bonds. The van der Waals surface area contributed by atoms with Crippen LogP contribution in [0, 0.1) is 0 Å². The Kier molecular flexibility index (Phi) is 5.10. The van der Waals surface area contributed by atoms with Crippen LogP contribution in [0.1, 0.15) is 16.1 Å². The van der Waals surface area contributed by atoms with Crippen LogP contribution < -0.4 is 5.56 Å². The van der Waals surface area contributed by atoms with Gasteiger partial charge >= 0.3 is 0 Å². The Bertz CT molecular complexity index is 1490. The van der Waals surface area contributed by atoms with Gasteiger partial charge in [-0.25, -0.2) is 17.7 Å². The molecular weight excluding hydrogens is 450 g/mol. The fraction of sp³-hybridized carbons (Fsp3) is 0.136. The normalized spacial score (nSPS) is 14.8. The van der Waals surface area contributed by atoms with E-state index in [9.17, 15) is 18.0 Å². The molecule has 0 aliphatic carbocycles. The van der Waals surface area contributed by atoms with Crippen LogP contribution in [-0.4, -0.2) is 40.5 Å². The SMILES string of the molecule is O=C1c2ccccc2S(=O)(=O)N1CCSc1nc2ccccc2c(=O)n1Cc1ccco1. The molecule has 32 heavy (non-hydrogen) atoms. The van der Waals surface area contributed by atoms with E-state index < -0.39 is 15.9 Å². The molecule has 0 saturated heterocycles. The summed E-state index contributed by atoms with van der Waals surface area (Å²) >= 11 is 1.22. The van der Waals surface area contributed by atoms with E-state index in [1.54, 1.807) is 48.5 Å². The van der Waals surface area contributed by atoms with Crippen molar-refractivity contribution in [2.45, 2.75) is 16.6 Å². The first-order chi connectivity index (χ1) is 15.5. The minimum atomic E-state index is -3.88. The number of nitrogens with zero attached hydrogens (tertiary/aromatic N) is 3. The third-order valence-electron chi connectivity index (χ3n) is 5.16. The maximum absolute atomic E-state index is 13.1. The van der Waals surface area contributed by atoms with Gasteiger partial charge in [-0.2, -0.15) is 0 Å². The highest BCUT2D eigenvalue weighted by Crippen LogP contribution is 2.30. The Morgan fingerprint density at radius 3 is 2.53 bits per heavy atom. The molecule has 0 saturated carbocycles. The summed E-state index contributed by atoms with van der Waals surface area (Å²) in [5.74, 6) is 0.293. The molecule has 0 bridgehead atoms. The van der Waals surface area contributed by atoms with Gasteiger partial charge in [0.15, 0.2) is 5.16 Å². The lowest BCUT2D eigenvalue weighted by Gasteiger charge is -2.16. The van der Waals surface area contributed by atoms with Crippen molar-refractivity contribution in [1.82, 2.24) is 13.9 Å². The van der Waals surface area contributed by atoms with Crippen LogP contribution in [0.25, 0.3) is 10.9 Å². The molecule has 10 heteroatoms. The number of benzene rings is 2. The largest absolute Gasteiger partial charge is 0.467 e. The summed E-state index contributed by atoms with van der Waals surface area (Å²) in [4.78, 5) is 30.4. The summed E-state index contributed by atoms with van der Waals surface area (Å²) in [6, 6.07) is 16.7. The number of fused-ring (bicyclic) bond motifs is 2. The number of thioether (sulfide) groups is 1. The minimum Gasteiger partial charge on any atom is -0.467 e. The number of carbonyl (C=O) groups is 1. The van der Waals surface area contributed by atoms with Crippen molar-refractivity contribution in [3.05, 3.63) is 88.6 Å². The minimum absolute atomic E-state index is 0.0218. The third kappa shape index (κ3) is 3.41. The Morgan fingerprint density at radius 1 is 0.969 bits per heavy atom. The van der Waals surface area contributed by atoms with Crippen molar-refractivity contribution in [3.8, 4) is 0 Å². The third-order valence-corrected chi connectivity index (χ3v) is 7.96. The summed E-state index contributed by atoms with van der Waals surface area (Å²) in [5.41, 5.74) is 0.510. The standard InChI is InChI=1S/C22H17N3O5S2/c26-20-16-7-1-3-9-18(16)23-22(24(20)14-15-6-5-12-30-15)31-13-11-25-21(27)17-8-2-4-10-19(17)32(25,28)29/h1-10,12H,11,13-14H2. The van der Waals surface area contributed by atoms with Crippen molar-refractivity contribution >= 4 is 38.6 Å². The maximum Gasteiger partial charge on any atom is 0.269 e. The van der Waals surface area contributed by atoms with E-state index in [1.165, 1.54) is 34.7 Å². The number of hydrogen-bond acceptors (Lipinski definition) is 7. The number of para-hydroxylation sites is 1. The zero-order chi connectivity index (χ0) is 22.3. The monoisotopic (exact) mass is 467 g/mol. The van der Waals surface area contributed by atoms with Crippen molar-refractivity contribution < 1.29 is 17.6 Å². The summed E-state index contributed by atoms with van der Waals surface area (Å²) in [7, 11) is -3.88. The van der Waals surface area contributed by atoms with Crippen molar-refractivity contribution in [1.29, 1.82) is 0 Å². The van der Waals surface area contributed by atoms with Crippen LogP contribution in [0.2, 0.25) is 0 Å². The number of amides is 1. The molecule has 2 aromatic carbocycles. The summed E-state index contributed by atoms with van der Waals surface area (Å²) in [5, 5.41) is 0.905. The zero-order valence-electron chi connectivity index (χ0n) is 16.7. The fourth-order valence-corrected chi connectivity index (χ4v) is 6.24. The molecule has 0 fully saturated rings. The van der Waals surface area contributed by atoms with Gasteiger partial charge in [-0.15, -0.1) is 0 Å². The number of carbonyl (C=O) groups excluding carboxylic acids is 1. The smallest absolute Gasteiger partial charge is 0.269 e. The molecule has 162 valence electrons. The van der Waals surface area contributed by atoms with E-state index in [4.69, 9.17) is 4.42 Å². The van der Waals surface area contributed by atoms with E-state index in [0.29, 0.717) is 21.8 Å². The Balaban J connectivity index is 1.43. The Morgan fingerprint density at radius 2 is 1.75 bits per heavy atom. The molecule has 0 atom stereocenters. The molecule has 8 nitrogen and oxygen atoms in total. The number of rotatable bonds is 6. The molecule has 0 radical (unpaired) electrons. The lowest BCUT2D eigenvalue weighted by molar-refractivity contribution is 0.0876. The number of furan rings is 1. The topological polar surface area (TPSA) is 102 Å². The number of hydrogen-bond donors (Lipinski definition) is 0. The van der Waals surface area contributed by atoms with Crippen LogP contribution >= 0.6 is 11.8 Å². The molecule has 4 aromatic rings. The van der Waals surface area contributed by atoms with Gasteiger partial charge in [-0.05, 0) is 36.4 Å². The highest BCUT2D eigenvalue weighted by Gasteiger charge is 2.40. The highest BCUT2D eigenvalue weighted by atomic mass is 32.2. The van der Waals surface area contributed by atoms with Crippen molar-refractivity contribution in [2.24, 2.45) is 0 Å². The van der Waals surface area contributed by atoms with Gasteiger partial charge in [0.2, 0.25) is 0 Å². The average Bonchev–Trinajstić information content (AvgIpc) is 3.37. The predicted molar refractivity (Wildman–Crippen MR) is 119 cm³/mol. The average molecular weight is 468 g/mol. The molecule has 0 unspecified atom stereocenters. The van der Waals surface area contributed by atoms with Gasteiger partial charge in [0.25, 0.3) is 21.5 Å². The number of aromatic nitrogens is 2. The first-order valence-corrected chi connectivity index (χ1v) is 12.2. The quantitative estimate of drug-likeness (QED) is 0.317. The zero-order valence-corrected chi connectivity index (χ0v) is 18.3. The first-order valence-electron chi connectivity index (χ1n) is 9.77. The van der Waals surface area contributed by atoms with Crippen molar-refractivity contribution in [2.75, 3.05) is 12.3 Å². The van der Waals surface area contributed by atoms with E-state index in [2.05, 4.69) is 4.98 Å². The summed E-state index contributed by atoms with van der Waals surface area (Å²) in [6.07, 6.45) is 1.53. The van der Waals surface area contributed by atoms with Crippen LogP contribution in [-0.2, 0) is 16.6 Å². The second-order valence-electron chi connectivity index (χ2n) is 7.11. The van der Waals surface area contributed by atoms with Crippen LogP contribution in [0.15, 0.2) is 86.2 Å². The van der Waals surface area contributed by atoms with Crippen molar-refractivity contribution in [3.63, 3.8) is 0 Å². The molecular formula is C22H17N3O5S2. The first kappa shape index (κ1) is 20.5. The second-order valence-corrected chi connectivity index (χ2v) is 10.0.